The Balaban J connectivity index is 2.07. The molecule has 1 fully saturated rings. The maximum atomic E-state index is 12.3. The van der Waals surface area contributed by atoms with Crippen molar-refractivity contribution in [2.45, 2.75) is 41.1 Å². The first-order valence-corrected chi connectivity index (χ1v) is 10.3. The Kier molecular flexibility index (Phi) is 5.34. The van der Waals surface area contributed by atoms with E-state index in [2.05, 4.69) is 4.72 Å². The van der Waals surface area contributed by atoms with E-state index in [4.69, 9.17) is 5.11 Å². The molecule has 1 saturated carbocycles. The van der Waals surface area contributed by atoms with Gasteiger partial charge in [-0.3, -0.25) is 0 Å². The van der Waals surface area contributed by atoms with Crippen LogP contribution in [-0.2, 0) is 10.0 Å². The van der Waals surface area contributed by atoms with Crippen molar-refractivity contribution in [3.05, 3.63) is 17.0 Å². The van der Waals surface area contributed by atoms with Crippen LogP contribution < -0.4 is 4.72 Å². The molecular formula is C13H19NO4S3. The van der Waals surface area contributed by atoms with Gasteiger partial charge < -0.3 is 5.11 Å². The molecule has 1 aliphatic rings. The highest BCUT2D eigenvalue weighted by Crippen LogP contribution is 2.38. The van der Waals surface area contributed by atoms with Gasteiger partial charge in [0.05, 0.1) is 0 Å². The van der Waals surface area contributed by atoms with Crippen LogP contribution >= 0.6 is 23.1 Å². The van der Waals surface area contributed by atoms with E-state index in [-0.39, 0.29) is 13.8 Å². The normalized spacial score (nSPS) is 18.5. The molecule has 2 N–H and O–H groups in total. The monoisotopic (exact) mass is 349 g/mol. The van der Waals surface area contributed by atoms with E-state index < -0.39 is 16.0 Å². The number of sulfonamides is 1. The second-order valence-corrected chi connectivity index (χ2v) is 9.55. The van der Waals surface area contributed by atoms with Crippen molar-refractivity contribution >= 4 is 39.1 Å². The highest BCUT2D eigenvalue weighted by Gasteiger charge is 2.33. The fraction of sp³-hybridized carbons (Fsp3) is 0.615. The summed E-state index contributed by atoms with van der Waals surface area (Å²) in [6.45, 7) is 0.400. The lowest BCUT2D eigenvalue weighted by Gasteiger charge is -2.35. The molecule has 0 radical (unpaired) electrons. The third-order valence-corrected chi connectivity index (χ3v) is 8.22. The summed E-state index contributed by atoms with van der Waals surface area (Å²) >= 11 is 2.51. The molecule has 2 rings (SSSR count). The van der Waals surface area contributed by atoms with Crippen LogP contribution in [0.4, 0.5) is 0 Å². The van der Waals surface area contributed by atoms with Crippen molar-refractivity contribution in [3.63, 3.8) is 0 Å². The quantitative estimate of drug-likeness (QED) is 0.825. The fourth-order valence-electron chi connectivity index (χ4n) is 2.53. The Morgan fingerprint density at radius 2 is 2.05 bits per heavy atom. The van der Waals surface area contributed by atoms with Crippen LogP contribution in [0, 0.1) is 0 Å². The first-order valence-electron chi connectivity index (χ1n) is 6.76. The Labute approximate surface area is 133 Å². The van der Waals surface area contributed by atoms with Gasteiger partial charge >= 0.3 is 5.97 Å². The number of hydrogen-bond acceptors (Lipinski definition) is 5. The number of thiophene rings is 1. The summed E-state index contributed by atoms with van der Waals surface area (Å²) in [7, 11) is -3.63. The predicted molar refractivity (Wildman–Crippen MR) is 85.8 cm³/mol. The molecule has 0 aromatic carbocycles. The predicted octanol–water partition coefficient (Wildman–Crippen LogP) is 2.79. The first kappa shape index (κ1) is 16.8. The van der Waals surface area contributed by atoms with Crippen molar-refractivity contribution in [1.82, 2.24) is 4.72 Å². The maximum Gasteiger partial charge on any atom is 0.345 e. The Morgan fingerprint density at radius 3 is 2.57 bits per heavy atom. The zero-order valence-electron chi connectivity index (χ0n) is 11.8. The number of carbonyl (C=O) groups is 1. The van der Waals surface area contributed by atoms with E-state index in [1.54, 1.807) is 11.8 Å². The van der Waals surface area contributed by atoms with Gasteiger partial charge in [-0.15, -0.1) is 11.3 Å². The minimum absolute atomic E-state index is 0.0296. The number of thioether (sulfide) groups is 1. The molecule has 0 bridgehead atoms. The van der Waals surface area contributed by atoms with Gasteiger partial charge in [-0.05, 0) is 31.2 Å². The molecule has 0 aliphatic heterocycles. The van der Waals surface area contributed by atoms with Crippen LogP contribution in [0.25, 0.3) is 0 Å². The van der Waals surface area contributed by atoms with Gasteiger partial charge in [-0.25, -0.2) is 17.9 Å². The van der Waals surface area contributed by atoms with Crippen LogP contribution in [-0.4, -0.2) is 37.0 Å². The summed E-state index contributed by atoms with van der Waals surface area (Å²) in [4.78, 5) is 10.9. The van der Waals surface area contributed by atoms with Gasteiger partial charge in [0.25, 0.3) is 0 Å². The van der Waals surface area contributed by atoms with Crippen molar-refractivity contribution in [3.8, 4) is 0 Å². The standard InChI is InChI=1S/C13H19NO4S3/c1-19-13(7-3-2-4-8-13)9-14-21(17,18)11-6-5-10(20-11)12(15)16/h5-6,14H,2-4,7-9H2,1H3,(H,15,16). The van der Waals surface area contributed by atoms with Gasteiger partial charge in [0.2, 0.25) is 10.0 Å². The van der Waals surface area contributed by atoms with E-state index in [1.807, 2.05) is 6.26 Å². The summed E-state index contributed by atoms with van der Waals surface area (Å²) in [5.74, 6) is -1.10. The number of nitrogens with one attached hydrogen (secondary N) is 1. The topological polar surface area (TPSA) is 83.5 Å². The lowest BCUT2D eigenvalue weighted by atomic mass is 9.88. The zero-order chi connectivity index (χ0) is 15.5. The second-order valence-electron chi connectivity index (χ2n) is 5.20. The van der Waals surface area contributed by atoms with Gasteiger partial charge in [0, 0.05) is 11.3 Å². The van der Waals surface area contributed by atoms with Crippen molar-refractivity contribution in [2.24, 2.45) is 0 Å². The molecule has 1 aromatic heterocycles. The van der Waals surface area contributed by atoms with Crippen LogP contribution in [0.1, 0.15) is 41.8 Å². The number of carboxylic acid groups (broad SMARTS) is 1. The van der Waals surface area contributed by atoms with Crippen molar-refractivity contribution in [1.29, 1.82) is 0 Å². The number of rotatable bonds is 6. The molecule has 5 nitrogen and oxygen atoms in total. The van der Waals surface area contributed by atoms with E-state index >= 15 is 0 Å². The van der Waals surface area contributed by atoms with E-state index in [0.717, 1.165) is 37.0 Å². The zero-order valence-corrected chi connectivity index (χ0v) is 14.2. The summed E-state index contributed by atoms with van der Waals surface area (Å²) in [5.41, 5.74) is 0. The van der Waals surface area contributed by atoms with E-state index in [0.29, 0.717) is 6.54 Å². The molecule has 118 valence electrons. The van der Waals surface area contributed by atoms with Crippen LogP contribution in [0.15, 0.2) is 16.3 Å². The molecule has 1 heterocycles. The summed E-state index contributed by atoms with van der Waals surface area (Å²) in [6.07, 6.45) is 7.52. The average Bonchev–Trinajstić information content (AvgIpc) is 2.97. The number of aromatic carboxylic acids is 1. The van der Waals surface area contributed by atoms with Crippen LogP contribution in [0.5, 0.6) is 0 Å². The molecular weight excluding hydrogens is 330 g/mol. The fourth-order valence-corrected chi connectivity index (χ4v) is 5.85. The third kappa shape index (κ3) is 4.00. The molecule has 1 aliphatic carbocycles. The Bertz CT molecular complexity index is 603. The molecule has 21 heavy (non-hydrogen) atoms. The van der Waals surface area contributed by atoms with Gasteiger partial charge in [-0.2, -0.15) is 11.8 Å². The van der Waals surface area contributed by atoms with E-state index in [1.165, 1.54) is 18.6 Å². The lowest BCUT2D eigenvalue weighted by molar-refractivity contribution is 0.0702. The first-order chi connectivity index (χ1) is 9.88. The Morgan fingerprint density at radius 1 is 1.38 bits per heavy atom. The number of hydrogen-bond donors (Lipinski definition) is 2. The highest BCUT2D eigenvalue weighted by atomic mass is 32.2. The highest BCUT2D eigenvalue weighted by molar-refractivity contribution is 8.00. The summed E-state index contributed by atoms with van der Waals surface area (Å²) in [5, 5.41) is 8.87. The molecule has 8 heteroatoms. The number of carboxylic acids is 1. The lowest BCUT2D eigenvalue weighted by Crippen LogP contribution is -2.41. The largest absolute Gasteiger partial charge is 0.477 e. The van der Waals surface area contributed by atoms with Crippen molar-refractivity contribution in [2.75, 3.05) is 12.8 Å². The minimum Gasteiger partial charge on any atom is -0.477 e. The molecule has 0 atom stereocenters. The van der Waals surface area contributed by atoms with Crippen molar-refractivity contribution < 1.29 is 18.3 Å². The molecule has 0 spiro atoms. The van der Waals surface area contributed by atoms with Crippen LogP contribution in [0.3, 0.4) is 0 Å². The smallest absolute Gasteiger partial charge is 0.345 e. The minimum atomic E-state index is -3.63. The van der Waals surface area contributed by atoms with Gasteiger partial charge in [-0.1, -0.05) is 19.3 Å². The van der Waals surface area contributed by atoms with Gasteiger partial charge in [0.1, 0.15) is 9.09 Å². The molecule has 0 saturated heterocycles. The molecule has 0 amide bonds. The summed E-state index contributed by atoms with van der Waals surface area (Å²) in [6, 6.07) is 2.68. The maximum absolute atomic E-state index is 12.3. The molecule has 0 unspecified atom stereocenters. The molecule has 1 aromatic rings. The Hall–Kier alpha value is -0.570. The SMILES string of the molecule is CSC1(CNS(=O)(=O)c2ccc(C(=O)O)s2)CCCCC1. The van der Waals surface area contributed by atoms with E-state index in [9.17, 15) is 13.2 Å². The summed E-state index contributed by atoms with van der Waals surface area (Å²) < 4.78 is 27.2. The van der Waals surface area contributed by atoms with Gasteiger partial charge in [0.15, 0.2) is 0 Å². The third-order valence-electron chi connectivity index (χ3n) is 3.84. The average molecular weight is 349 g/mol. The second kappa shape index (κ2) is 6.68. The van der Waals surface area contributed by atoms with Crippen LogP contribution in [0.2, 0.25) is 0 Å².